The third-order valence-electron chi connectivity index (χ3n) is 9.87. The first-order valence-electron chi connectivity index (χ1n) is 15.8. The number of anilines is 2. The largest absolute Gasteiger partial charge is 0.497 e. The Morgan fingerprint density at radius 1 is 1.14 bits per heavy atom. The van der Waals surface area contributed by atoms with Crippen LogP contribution in [0.3, 0.4) is 0 Å². The molecule has 1 aromatic heterocycles. The fourth-order valence-corrected chi connectivity index (χ4v) is 7.45. The first kappa shape index (κ1) is 29.7. The standard InChI is InChI=1S/C33H45N7O3/c1-4-31(41)40-18-17-38(21-25(40)13-14-34)32-28-11-9-24(39-16-5-7-23-19-27(42-3)10-12-30(23)39)20-29(28)35-33(36-32)43-22-26-8-6-15-37(26)2/h4,10,12,19,24-26,31,41H,1,5-9,11,13,15-18,20-22H2,2-3H3/t24?,25-,26-,31?/m0/s1. The predicted molar refractivity (Wildman–Crippen MR) is 167 cm³/mol. The molecule has 0 spiro atoms. The molecule has 0 saturated carbocycles. The van der Waals surface area contributed by atoms with E-state index in [1.165, 1.54) is 29.3 Å². The minimum Gasteiger partial charge on any atom is -0.497 e. The van der Waals surface area contributed by atoms with Gasteiger partial charge in [0, 0.05) is 62.0 Å². The van der Waals surface area contributed by atoms with E-state index in [1.54, 1.807) is 7.11 Å². The van der Waals surface area contributed by atoms with Crippen molar-refractivity contribution < 1.29 is 14.6 Å². The summed E-state index contributed by atoms with van der Waals surface area (Å²) in [7, 11) is 3.88. The number of aliphatic hydroxyl groups excluding tert-OH is 1. The molecule has 4 aliphatic rings. The number of methoxy groups -OCH3 is 1. The Hall–Kier alpha value is -3.39. The Morgan fingerprint density at radius 2 is 2.02 bits per heavy atom. The monoisotopic (exact) mass is 587 g/mol. The lowest BCUT2D eigenvalue weighted by atomic mass is 9.88. The SMILES string of the molecule is C=CC(O)N1CCN(c2nc(OC[C@@H]3CCCN3C)nc3c2CCC(N2CCCc4cc(OC)ccc42)C3)C[C@@H]1CC#N. The number of ether oxygens (including phenoxy) is 2. The predicted octanol–water partition coefficient (Wildman–Crippen LogP) is 3.18. The number of hydrogen-bond acceptors (Lipinski definition) is 10. The lowest BCUT2D eigenvalue weighted by Crippen LogP contribution is -2.56. The van der Waals surface area contributed by atoms with Crippen LogP contribution >= 0.6 is 0 Å². The first-order valence-corrected chi connectivity index (χ1v) is 15.8. The molecular formula is C33H45N7O3. The van der Waals surface area contributed by atoms with Crippen molar-refractivity contribution in [3.8, 4) is 17.8 Å². The van der Waals surface area contributed by atoms with Crippen LogP contribution in [0, 0.1) is 11.3 Å². The van der Waals surface area contributed by atoms with E-state index in [-0.39, 0.29) is 6.04 Å². The number of aromatic nitrogens is 2. The van der Waals surface area contributed by atoms with E-state index in [0.29, 0.717) is 50.8 Å². The second kappa shape index (κ2) is 13.1. The zero-order chi connectivity index (χ0) is 29.9. The van der Waals surface area contributed by atoms with Gasteiger partial charge in [-0.1, -0.05) is 6.58 Å². The summed E-state index contributed by atoms with van der Waals surface area (Å²) in [6.07, 6.45) is 8.36. The van der Waals surface area contributed by atoms with Crippen LogP contribution in [0.15, 0.2) is 30.9 Å². The smallest absolute Gasteiger partial charge is 0.318 e. The summed E-state index contributed by atoms with van der Waals surface area (Å²) in [5.41, 5.74) is 4.93. The number of aryl methyl sites for hydroxylation is 1. The molecule has 10 heteroatoms. The Labute approximate surface area is 255 Å². The molecule has 6 rings (SSSR count). The molecule has 1 aromatic carbocycles. The van der Waals surface area contributed by atoms with Crippen LogP contribution in [0.4, 0.5) is 11.5 Å². The van der Waals surface area contributed by atoms with Crippen molar-refractivity contribution >= 4 is 11.5 Å². The zero-order valence-electron chi connectivity index (χ0n) is 25.6. The normalized spacial score (nSPS) is 25.0. The molecule has 2 unspecified atom stereocenters. The minimum atomic E-state index is -0.768. The summed E-state index contributed by atoms with van der Waals surface area (Å²) in [5.74, 6) is 1.84. The van der Waals surface area contributed by atoms with Crippen molar-refractivity contribution in [3.63, 3.8) is 0 Å². The van der Waals surface area contributed by atoms with Gasteiger partial charge in [0.15, 0.2) is 0 Å². The van der Waals surface area contributed by atoms with Crippen LogP contribution in [0.2, 0.25) is 0 Å². The van der Waals surface area contributed by atoms with Gasteiger partial charge < -0.3 is 29.3 Å². The van der Waals surface area contributed by atoms with Gasteiger partial charge in [-0.3, -0.25) is 4.90 Å². The number of nitriles is 1. The number of likely N-dealkylation sites (tertiary alicyclic amines) is 1. The van der Waals surface area contributed by atoms with E-state index in [1.807, 2.05) is 4.90 Å². The maximum absolute atomic E-state index is 10.5. The van der Waals surface area contributed by atoms with Gasteiger partial charge in [-0.25, -0.2) is 0 Å². The highest BCUT2D eigenvalue weighted by molar-refractivity contribution is 5.60. The second-order valence-electron chi connectivity index (χ2n) is 12.4. The molecule has 0 bridgehead atoms. The molecule has 230 valence electrons. The Bertz CT molecular complexity index is 1350. The summed E-state index contributed by atoms with van der Waals surface area (Å²) in [5, 5.41) is 20.1. The van der Waals surface area contributed by atoms with E-state index in [2.05, 4.69) is 52.6 Å². The maximum Gasteiger partial charge on any atom is 0.318 e. The van der Waals surface area contributed by atoms with Crippen LogP contribution in [0.25, 0.3) is 0 Å². The molecule has 0 amide bonds. The topological polar surface area (TPSA) is 101 Å². The minimum absolute atomic E-state index is 0.118. The van der Waals surface area contributed by atoms with Gasteiger partial charge in [0.2, 0.25) is 0 Å². The van der Waals surface area contributed by atoms with Crippen molar-refractivity contribution in [2.24, 2.45) is 0 Å². The van der Waals surface area contributed by atoms with Crippen molar-refractivity contribution in [1.82, 2.24) is 19.8 Å². The number of rotatable bonds is 9. The number of benzene rings is 1. The molecule has 43 heavy (non-hydrogen) atoms. The zero-order valence-corrected chi connectivity index (χ0v) is 25.6. The van der Waals surface area contributed by atoms with E-state index < -0.39 is 6.23 Å². The quantitative estimate of drug-likeness (QED) is 0.440. The molecule has 2 aromatic rings. The van der Waals surface area contributed by atoms with E-state index in [4.69, 9.17) is 19.4 Å². The van der Waals surface area contributed by atoms with Crippen LogP contribution in [-0.2, 0) is 19.3 Å². The van der Waals surface area contributed by atoms with Gasteiger partial charge in [-0.05, 0) is 82.0 Å². The van der Waals surface area contributed by atoms with Crippen molar-refractivity contribution in [3.05, 3.63) is 47.7 Å². The van der Waals surface area contributed by atoms with Gasteiger partial charge in [0.05, 0.1) is 25.3 Å². The Morgan fingerprint density at radius 3 is 2.79 bits per heavy atom. The van der Waals surface area contributed by atoms with Gasteiger partial charge >= 0.3 is 6.01 Å². The molecule has 0 radical (unpaired) electrons. The maximum atomic E-state index is 10.5. The molecule has 4 atom stereocenters. The fourth-order valence-electron chi connectivity index (χ4n) is 7.45. The number of likely N-dealkylation sites (N-methyl/N-ethyl adjacent to an activating group) is 1. The summed E-state index contributed by atoms with van der Waals surface area (Å²) < 4.78 is 11.8. The molecule has 10 nitrogen and oxygen atoms in total. The van der Waals surface area contributed by atoms with Gasteiger partial charge in [-0.15, -0.1) is 0 Å². The third kappa shape index (κ3) is 6.17. The van der Waals surface area contributed by atoms with E-state index in [9.17, 15) is 10.4 Å². The van der Waals surface area contributed by atoms with Crippen molar-refractivity contribution in [1.29, 1.82) is 5.26 Å². The fraction of sp³-hybridized carbons (Fsp3) is 0.606. The molecule has 2 fully saturated rings. The molecule has 3 aliphatic heterocycles. The van der Waals surface area contributed by atoms with Crippen LogP contribution in [-0.4, -0.2) is 103 Å². The number of hydrogen-bond donors (Lipinski definition) is 1. The summed E-state index contributed by atoms with van der Waals surface area (Å²) in [6, 6.07) is 9.84. The third-order valence-corrected chi connectivity index (χ3v) is 9.87. The lowest BCUT2D eigenvalue weighted by Gasteiger charge is -2.44. The lowest BCUT2D eigenvalue weighted by molar-refractivity contribution is 0.00430. The first-order chi connectivity index (χ1) is 21.0. The summed E-state index contributed by atoms with van der Waals surface area (Å²) >= 11 is 0. The van der Waals surface area contributed by atoms with Crippen molar-refractivity contribution in [2.75, 3.05) is 63.3 Å². The number of aliphatic hydroxyl groups is 1. The van der Waals surface area contributed by atoms with Gasteiger partial charge in [0.25, 0.3) is 0 Å². The van der Waals surface area contributed by atoms with Crippen LogP contribution < -0.4 is 19.3 Å². The highest BCUT2D eigenvalue weighted by Crippen LogP contribution is 2.38. The average Bonchev–Trinajstić information content (AvgIpc) is 3.46. The van der Waals surface area contributed by atoms with Gasteiger partial charge in [-0.2, -0.15) is 15.2 Å². The second-order valence-corrected chi connectivity index (χ2v) is 12.4. The van der Waals surface area contributed by atoms with E-state index >= 15 is 0 Å². The van der Waals surface area contributed by atoms with Gasteiger partial charge in [0.1, 0.15) is 24.4 Å². The Balaban J connectivity index is 1.29. The average molecular weight is 588 g/mol. The van der Waals surface area contributed by atoms with E-state index in [0.717, 1.165) is 68.9 Å². The van der Waals surface area contributed by atoms with Crippen molar-refractivity contribution in [2.45, 2.75) is 75.7 Å². The molecule has 4 heterocycles. The summed E-state index contributed by atoms with van der Waals surface area (Å²) in [4.78, 5) is 19.3. The number of fused-ring (bicyclic) bond motifs is 2. The number of nitrogens with zero attached hydrogens (tertiary/aromatic N) is 7. The van der Waals surface area contributed by atoms with Crippen LogP contribution in [0.1, 0.15) is 48.9 Å². The molecule has 2 saturated heterocycles. The highest BCUT2D eigenvalue weighted by Gasteiger charge is 2.36. The Kier molecular flexibility index (Phi) is 9.03. The molecule has 1 N–H and O–H groups in total. The molecular weight excluding hydrogens is 542 g/mol. The number of piperazine rings is 1. The molecule has 1 aliphatic carbocycles. The highest BCUT2D eigenvalue weighted by atomic mass is 16.5. The summed E-state index contributed by atoms with van der Waals surface area (Å²) in [6.45, 7) is 8.41. The van der Waals surface area contributed by atoms with Crippen LogP contribution in [0.5, 0.6) is 11.8 Å².